The fraction of sp³-hybridized carbons (Fsp3) is 0.105. The standard InChI is InChI=1S/C19H16ClN/c1-14-7-6-9-16(13-15-8-2-3-10-17(15)20)19(14)18-11-4-5-12-21-18/h2-12H,13H2,1H3. The summed E-state index contributed by atoms with van der Waals surface area (Å²) in [7, 11) is 0. The molecule has 0 fully saturated rings. The summed E-state index contributed by atoms with van der Waals surface area (Å²) in [4.78, 5) is 4.50. The van der Waals surface area contributed by atoms with Gasteiger partial charge in [0.25, 0.3) is 0 Å². The number of rotatable bonds is 3. The second-order valence-corrected chi connectivity index (χ2v) is 5.50. The molecule has 0 unspecified atom stereocenters. The molecular weight excluding hydrogens is 278 g/mol. The van der Waals surface area contributed by atoms with Crippen molar-refractivity contribution in [1.82, 2.24) is 4.98 Å². The van der Waals surface area contributed by atoms with Gasteiger partial charge in [0.15, 0.2) is 0 Å². The molecule has 0 saturated heterocycles. The van der Waals surface area contributed by atoms with Crippen molar-refractivity contribution in [3.05, 3.63) is 88.6 Å². The van der Waals surface area contributed by atoms with Gasteiger partial charge in [-0.1, -0.05) is 54.1 Å². The third-order valence-corrected chi connectivity index (χ3v) is 3.99. The van der Waals surface area contributed by atoms with Crippen LogP contribution in [0.3, 0.4) is 0 Å². The average molecular weight is 294 g/mol. The van der Waals surface area contributed by atoms with Gasteiger partial charge in [0.05, 0.1) is 5.69 Å². The van der Waals surface area contributed by atoms with Crippen LogP contribution in [0.25, 0.3) is 11.3 Å². The molecule has 0 aliphatic rings. The first kappa shape index (κ1) is 13.8. The molecule has 3 rings (SSSR count). The van der Waals surface area contributed by atoms with E-state index in [4.69, 9.17) is 11.6 Å². The third kappa shape index (κ3) is 2.98. The van der Waals surface area contributed by atoms with E-state index in [2.05, 4.69) is 42.2 Å². The smallest absolute Gasteiger partial charge is 0.0707 e. The van der Waals surface area contributed by atoms with Crippen LogP contribution < -0.4 is 0 Å². The molecule has 0 atom stereocenters. The molecular formula is C19H16ClN. The highest BCUT2D eigenvalue weighted by atomic mass is 35.5. The van der Waals surface area contributed by atoms with Gasteiger partial charge in [-0.25, -0.2) is 0 Å². The molecule has 2 aromatic carbocycles. The Morgan fingerprint density at radius 1 is 0.857 bits per heavy atom. The summed E-state index contributed by atoms with van der Waals surface area (Å²) in [6.07, 6.45) is 2.65. The first-order valence-electron chi connectivity index (χ1n) is 6.99. The van der Waals surface area contributed by atoms with Crippen LogP contribution in [0.4, 0.5) is 0 Å². The van der Waals surface area contributed by atoms with Crippen LogP contribution in [0.1, 0.15) is 16.7 Å². The summed E-state index contributed by atoms with van der Waals surface area (Å²) in [6.45, 7) is 2.13. The lowest BCUT2D eigenvalue weighted by atomic mass is 9.94. The zero-order valence-corrected chi connectivity index (χ0v) is 12.6. The minimum Gasteiger partial charge on any atom is -0.256 e. The van der Waals surface area contributed by atoms with Crippen LogP contribution in [0, 0.1) is 6.92 Å². The highest BCUT2D eigenvalue weighted by Gasteiger charge is 2.10. The van der Waals surface area contributed by atoms with E-state index in [9.17, 15) is 0 Å². The number of halogens is 1. The van der Waals surface area contributed by atoms with E-state index >= 15 is 0 Å². The van der Waals surface area contributed by atoms with Gasteiger partial charge in [-0.2, -0.15) is 0 Å². The van der Waals surface area contributed by atoms with E-state index in [1.54, 1.807) is 0 Å². The third-order valence-electron chi connectivity index (χ3n) is 3.62. The van der Waals surface area contributed by atoms with E-state index in [1.165, 1.54) is 16.7 Å². The summed E-state index contributed by atoms with van der Waals surface area (Å²) in [6, 6.07) is 20.4. The summed E-state index contributed by atoms with van der Waals surface area (Å²) in [5, 5.41) is 0.811. The molecule has 0 radical (unpaired) electrons. The molecule has 1 aromatic heterocycles. The Morgan fingerprint density at radius 2 is 1.62 bits per heavy atom. The minimum absolute atomic E-state index is 0.811. The van der Waals surface area contributed by atoms with Crippen molar-refractivity contribution in [3.8, 4) is 11.3 Å². The molecule has 0 N–H and O–H groups in total. The van der Waals surface area contributed by atoms with Gasteiger partial charge >= 0.3 is 0 Å². The zero-order chi connectivity index (χ0) is 14.7. The molecule has 0 bridgehead atoms. The van der Waals surface area contributed by atoms with Crippen LogP contribution in [-0.4, -0.2) is 4.98 Å². The fourth-order valence-corrected chi connectivity index (χ4v) is 2.80. The first-order chi connectivity index (χ1) is 10.3. The molecule has 2 heteroatoms. The lowest BCUT2D eigenvalue weighted by Crippen LogP contribution is -1.96. The second kappa shape index (κ2) is 6.11. The normalized spacial score (nSPS) is 10.6. The van der Waals surface area contributed by atoms with Crippen LogP contribution in [0.2, 0.25) is 5.02 Å². The second-order valence-electron chi connectivity index (χ2n) is 5.09. The van der Waals surface area contributed by atoms with Crippen molar-refractivity contribution in [2.45, 2.75) is 13.3 Å². The number of hydrogen-bond donors (Lipinski definition) is 0. The summed E-state index contributed by atoms with van der Waals surface area (Å²) in [5.74, 6) is 0. The number of aryl methyl sites for hydroxylation is 1. The maximum Gasteiger partial charge on any atom is 0.0707 e. The highest BCUT2D eigenvalue weighted by molar-refractivity contribution is 6.31. The Hall–Kier alpha value is -2.12. The lowest BCUT2D eigenvalue weighted by Gasteiger charge is -2.13. The summed E-state index contributed by atoms with van der Waals surface area (Å²) >= 11 is 6.30. The van der Waals surface area contributed by atoms with Crippen LogP contribution >= 0.6 is 11.6 Å². The van der Waals surface area contributed by atoms with Crippen LogP contribution in [0.5, 0.6) is 0 Å². The Labute approximate surface area is 130 Å². The van der Waals surface area contributed by atoms with Gasteiger partial charge in [0.1, 0.15) is 0 Å². The average Bonchev–Trinajstić information content (AvgIpc) is 2.51. The van der Waals surface area contributed by atoms with Crippen molar-refractivity contribution in [2.75, 3.05) is 0 Å². The van der Waals surface area contributed by atoms with Gasteiger partial charge < -0.3 is 0 Å². The van der Waals surface area contributed by atoms with E-state index in [1.807, 2.05) is 36.5 Å². The molecule has 104 valence electrons. The molecule has 0 amide bonds. The molecule has 1 heterocycles. The van der Waals surface area contributed by atoms with Crippen molar-refractivity contribution >= 4 is 11.6 Å². The van der Waals surface area contributed by atoms with Crippen LogP contribution in [0.15, 0.2) is 66.9 Å². The molecule has 0 saturated carbocycles. The molecule has 0 spiro atoms. The van der Waals surface area contributed by atoms with E-state index in [-0.39, 0.29) is 0 Å². The molecule has 1 nitrogen and oxygen atoms in total. The van der Waals surface area contributed by atoms with Crippen LogP contribution in [-0.2, 0) is 6.42 Å². The maximum atomic E-state index is 6.30. The number of pyridine rings is 1. The van der Waals surface area contributed by atoms with E-state index < -0.39 is 0 Å². The van der Waals surface area contributed by atoms with Crippen molar-refractivity contribution < 1.29 is 0 Å². The monoisotopic (exact) mass is 293 g/mol. The fourth-order valence-electron chi connectivity index (χ4n) is 2.60. The molecule has 21 heavy (non-hydrogen) atoms. The quantitative estimate of drug-likeness (QED) is 0.638. The lowest BCUT2D eigenvalue weighted by molar-refractivity contribution is 1.17. The van der Waals surface area contributed by atoms with Crippen molar-refractivity contribution in [3.63, 3.8) is 0 Å². The Morgan fingerprint density at radius 3 is 2.38 bits per heavy atom. The topological polar surface area (TPSA) is 12.9 Å². The Bertz CT molecular complexity index is 751. The molecule has 3 aromatic rings. The van der Waals surface area contributed by atoms with Crippen molar-refractivity contribution in [2.24, 2.45) is 0 Å². The Balaban J connectivity index is 2.08. The number of aromatic nitrogens is 1. The van der Waals surface area contributed by atoms with Gasteiger partial charge in [-0.3, -0.25) is 4.98 Å². The predicted octanol–water partition coefficient (Wildman–Crippen LogP) is 5.30. The Kier molecular flexibility index (Phi) is 4.03. The summed E-state index contributed by atoms with van der Waals surface area (Å²) in [5.41, 5.74) is 5.85. The largest absolute Gasteiger partial charge is 0.256 e. The van der Waals surface area contributed by atoms with Gasteiger partial charge in [-0.05, 0) is 48.2 Å². The van der Waals surface area contributed by atoms with Gasteiger partial charge in [-0.15, -0.1) is 0 Å². The number of hydrogen-bond acceptors (Lipinski definition) is 1. The SMILES string of the molecule is Cc1cccc(Cc2ccccc2Cl)c1-c1ccccn1. The van der Waals surface area contributed by atoms with Gasteiger partial charge in [0.2, 0.25) is 0 Å². The minimum atomic E-state index is 0.811. The van der Waals surface area contributed by atoms with Gasteiger partial charge in [0, 0.05) is 16.8 Å². The maximum absolute atomic E-state index is 6.30. The van der Waals surface area contributed by atoms with E-state index in [0.717, 1.165) is 22.7 Å². The summed E-state index contributed by atoms with van der Waals surface area (Å²) < 4.78 is 0. The highest BCUT2D eigenvalue weighted by Crippen LogP contribution is 2.29. The van der Waals surface area contributed by atoms with Crippen molar-refractivity contribution in [1.29, 1.82) is 0 Å². The zero-order valence-electron chi connectivity index (χ0n) is 11.9. The first-order valence-corrected chi connectivity index (χ1v) is 7.37. The predicted molar refractivity (Wildman–Crippen MR) is 88.7 cm³/mol. The van der Waals surface area contributed by atoms with E-state index in [0.29, 0.717) is 0 Å². The molecule has 0 aliphatic heterocycles. The number of nitrogens with zero attached hydrogens (tertiary/aromatic N) is 1. The molecule has 0 aliphatic carbocycles. The number of benzene rings is 2.